The molecule has 0 aliphatic heterocycles. The molecule has 1 aromatic carbocycles. The SMILES string of the molecule is COC(CCCOCc1ccccc1)c1ccccn1. The molecule has 2 aromatic rings. The van der Waals surface area contributed by atoms with Crippen LogP contribution >= 0.6 is 0 Å². The van der Waals surface area contributed by atoms with Crippen LogP contribution in [0, 0.1) is 0 Å². The largest absolute Gasteiger partial charge is 0.377 e. The molecule has 106 valence electrons. The Bertz CT molecular complexity index is 473. The lowest BCUT2D eigenvalue weighted by atomic mass is 10.1. The van der Waals surface area contributed by atoms with E-state index in [-0.39, 0.29) is 6.10 Å². The fourth-order valence-corrected chi connectivity index (χ4v) is 2.09. The van der Waals surface area contributed by atoms with Crippen LogP contribution in [-0.4, -0.2) is 18.7 Å². The third-order valence-corrected chi connectivity index (χ3v) is 3.17. The van der Waals surface area contributed by atoms with Gasteiger partial charge < -0.3 is 9.47 Å². The van der Waals surface area contributed by atoms with E-state index in [9.17, 15) is 0 Å². The molecule has 0 aliphatic rings. The van der Waals surface area contributed by atoms with Gasteiger partial charge >= 0.3 is 0 Å². The Balaban J connectivity index is 1.67. The maximum absolute atomic E-state index is 5.67. The first-order chi connectivity index (χ1) is 9.90. The number of hydrogen-bond acceptors (Lipinski definition) is 3. The number of aromatic nitrogens is 1. The minimum absolute atomic E-state index is 0.0523. The lowest BCUT2D eigenvalue weighted by Gasteiger charge is -2.14. The molecule has 3 heteroatoms. The van der Waals surface area contributed by atoms with Crippen molar-refractivity contribution in [1.29, 1.82) is 0 Å². The molecule has 1 aromatic heterocycles. The fourth-order valence-electron chi connectivity index (χ4n) is 2.09. The summed E-state index contributed by atoms with van der Waals surface area (Å²) in [5, 5.41) is 0. The van der Waals surface area contributed by atoms with E-state index in [1.54, 1.807) is 13.3 Å². The van der Waals surface area contributed by atoms with Crippen molar-refractivity contribution in [1.82, 2.24) is 4.98 Å². The Morgan fingerprint density at radius 3 is 2.55 bits per heavy atom. The monoisotopic (exact) mass is 271 g/mol. The minimum Gasteiger partial charge on any atom is -0.377 e. The molecular weight excluding hydrogens is 250 g/mol. The van der Waals surface area contributed by atoms with E-state index in [0.29, 0.717) is 6.61 Å². The maximum Gasteiger partial charge on any atom is 0.0991 e. The van der Waals surface area contributed by atoms with Crippen molar-refractivity contribution in [2.45, 2.75) is 25.6 Å². The van der Waals surface area contributed by atoms with Gasteiger partial charge in [-0.15, -0.1) is 0 Å². The summed E-state index contributed by atoms with van der Waals surface area (Å²) < 4.78 is 11.2. The van der Waals surface area contributed by atoms with E-state index in [1.807, 2.05) is 36.4 Å². The van der Waals surface area contributed by atoms with E-state index in [2.05, 4.69) is 17.1 Å². The number of benzene rings is 1. The van der Waals surface area contributed by atoms with Crippen LogP contribution in [0.4, 0.5) is 0 Å². The molecule has 0 saturated carbocycles. The smallest absolute Gasteiger partial charge is 0.0991 e. The molecule has 0 bridgehead atoms. The van der Waals surface area contributed by atoms with Gasteiger partial charge in [0.15, 0.2) is 0 Å². The van der Waals surface area contributed by atoms with Gasteiger partial charge in [-0.05, 0) is 30.5 Å². The van der Waals surface area contributed by atoms with E-state index in [0.717, 1.165) is 25.1 Å². The first kappa shape index (κ1) is 14.7. The first-order valence-electron chi connectivity index (χ1n) is 6.95. The van der Waals surface area contributed by atoms with Gasteiger partial charge in [0.05, 0.1) is 18.4 Å². The number of nitrogens with zero attached hydrogens (tertiary/aromatic N) is 1. The first-order valence-corrected chi connectivity index (χ1v) is 6.95. The second-order valence-corrected chi connectivity index (χ2v) is 4.66. The summed E-state index contributed by atoms with van der Waals surface area (Å²) in [5.41, 5.74) is 2.19. The molecule has 0 spiro atoms. The lowest BCUT2D eigenvalue weighted by Crippen LogP contribution is -2.05. The number of rotatable bonds is 8. The summed E-state index contributed by atoms with van der Waals surface area (Å²) in [7, 11) is 1.73. The van der Waals surface area contributed by atoms with Crippen molar-refractivity contribution in [3.05, 3.63) is 66.0 Å². The van der Waals surface area contributed by atoms with E-state index in [4.69, 9.17) is 9.47 Å². The highest BCUT2D eigenvalue weighted by Crippen LogP contribution is 2.19. The predicted molar refractivity (Wildman–Crippen MR) is 79.3 cm³/mol. The average molecular weight is 271 g/mol. The highest BCUT2D eigenvalue weighted by molar-refractivity contribution is 5.13. The van der Waals surface area contributed by atoms with Crippen LogP contribution in [0.5, 0.6) is 0 Å². The highest BCUT2D eigenvalue weighted by atomic mass is 16.5. The van der Waals surface area contributed by atoms with Gasteiger partial charge in [0.1, 0.15) is 0 Å². The van der Waals surface area contributed by atoms with Crippen molar-refractivity contribution in [2.75, 3.05) is 13.7 Å². The van der Waals surface area contributed by atoms with Crippen LogP contribution in [0.3, 0.4) is 0 Å². The van der Waals surface area contributed by atoms with Crippen molar-refractivity contribution in [3.8, 4) is 0 Å². The van der Waals surface area contributed by atoms with Crippen molar-refractivity contribution in [3.63, 3.8) is 0 Å². The molecule has 3 nitrogen and oxygen atoms in total. The Labute approximate surface area is 120 Å². The molecule has 20 heavy (non-hydrogen) atoms. The van der Waals surface area contributed by atoms with Crippen LogP contribution in [0.25, 0.3) is 0 Å². The van der Waals surface area contributed by atoms with Gasteiger partial charge in [0.2, 0.25) is 0 Å². The maximum atomic E-state index is 5.67. The molecular formula is C17H21NO2. The molecule has 1 atom stereocenters. The van der Waals surface area contributed by atoms with Crippen LogP contribution in [-0.2, 0) is 16.1 Å². The summed E-state index contributed by atoms with van der Waals surface area (Å²) in [6, 6.07) is 16.1. The van der Waals surface area contributed by atoms with Crippen LogP contribution < -0.4 is 0 Å². The Morgan fingerprint density at radius 1 is 1.05 bits per heavy atom. The van der Waals surface area contributed by atoms with Gasteiger partial charge in [-0.25, -0.2) is 0 Å². The molecule has 0 aliphatic carbocycles. The summed E-state index contributed by atoms with van der Waals surface area (Å²) >= 11 is 0. The van der Waals surface area contributed by atoms with Crippen LogP contribution in [0.1, 0.15) is 30.2 Å². The molecule has 0 saturated heterocycles. The van der Waals surface area contributed by atoms with Gasteiger partial charge in [-0.2, -0.15) is 0 Å². The zero-order chi connectivity index (χ0) is 14.0. The Morgan fingerprint density at radius 2 is 1.85 bits per heavy atom. The highest BCUT2D eigenvalue weighted by Gasteiger charge is 2.10. The van der Waals surface area contributed by atoms with Crippen molar-refractivity contribution < 1.29 is 9.47 Å². The van der Waals surface area contributed by atoms with E-state index < -0.39 is 0 Å². The van der Waals surface area contributed by atoms with Crippen molar-refractivity contribution in [2.24, 2.45) is 0 Å². The van der Waals surface area contributed by atoms with Gasteiger partial charge in [-0.3, -0.25) is 4.98 Å². The number of methoxy groups -OCH3 is 1. The van der Waals surface area contributed by atoms with Gasteiger partial charge in [-0.1, -0.05) is 36.4 Å². The Kier molecular flexibility index (Phi) is 6.21. The fraction of sp³-hybridized carbons (Fsp3) is 0.353. The number of pyridine rings is 1. The number of hydrogen-bond donors (Lipinski definition) is 0. The molecule has 1 heterocycles. The second-order valence-electron chi connectivity index (χ2n) is 4.66. The Hall–Kier alpha value is -1.71. The lowest BCUT2D eigenvalue weighted by molar-refractivity contribution is 0.0681. The average Bonchev–Trinajstić information content (AvgIpc) is 2.53. The summed E-state index contributed by atoms with van der Waals surface area (Å²) in [6.07, 6.45) is 3.73. The zero-order valence-electron chi connectivity index (χ0n) is 11.9. The summed E-state index contributed by atoms with van der Waals surface area (Å²) in [6.45, 7) is 1.41. The second kappa shape index (κ2) is 8.46. The normalized spacial score (nSPS) is 12.2. The summed E-state index contributed by atoms with van der Waals surface area (Å²) in [5.74, 6) is 0. The molecule has 0 amide bonds. The predicted octanol–water partition coefficient (Wildman–Crippen LogP) is 3.77. The molecule has 0 fully saturated rings. The summed E-state index contributed by atoms with van der Waals surface area (Å²) in [4.78, 5) is 4.33. The zero-order valence-corrected chi connectivity index (χ0v) is 11.9. The number of ether oxygens (including phenoxy) is 2. The molecule has 0 N–H and O–H groups in total. The van der Waals surface area contributed by atoms with E-state index in [1.165, 1.54) is 5.56 Å². The minimum atomic E-state index is 0.0523. The molecule has 1 unspecified atom stereocenters. The third kappa shape index (κ3) is 4.76. The topological polar surface area (TPSA) is 31.4 Å². The standard InChI is InChI=1S/C17H21NO2/c1-19-17(16-10-5-6-12-18-16)11-7-13-20-14-15-8-3-2-4-9-15/h2-6,8-10,12,17H,7,11,13-14H2,1H3. The van der Waals surface area contributed by atoms with Crippen LogP contribution in [0.15, 0.2) is 54.7 Å². The molecule has 2 rings (SSSR count). The third-order valence-electron chi connectivity index (χ3n) is 3.17. The van der Waals surface area contributed by atoms with E-state index >= 15 is 0 Å². The molecule has 0 radical (unpaired) electrons. The van der Waals surface area contributed by atoms with Crippen molar-refractivity contribution >= 4 is 0 Å². The van der Waals surface area contributed by atoms with Gasteiger partial charge in [0, 0.05) is 19.9 Å². The van der Waals surface area contributed by atoms with Crippen LogP contribution in [0.2, 0.25) is 0 Å². The van der Waals surface area contributed by atoms with Gasteiger partial charge in [0.25, 0.3) is 0 Å². The quantitative estimate of drug-likeness (QED) is 0.685.